The van der Waals surface area contributed by atoms with Crippen LogP contribution >= 0.6 is 11.6 Å². The lowest BCUT2D eigenvalue weighted by Gasteiger charge is -2.29. The van der Waals surface area contributed by atoms with E-state index in [2.05, 4.69) is 28.9 Å². The van der Waals surface area contributed by atoms with Gasteiger partial charge in [-0.15, -0.1) is 0 Å². The highest BCUT2D eigenvalue weighted by Gasteiger charge is 2.20. The molecule has 18 heavy (non-hydrogen) atoms. The number of benzene rings is 1. The second kappa shape index (κ2) is 6.53. The van der Waals surface area contributed by atoms with Gasteiger partial charge in [0.1, 0.15) is 0 Å². The van der Waals surface area contributed by atoms with Crippen molar-refractivity contribution in [3.05, 3.63) is 34.3 Å². The summed E-state index contributed by atoms with van der Waals surface area (Å²) in [6.07, 6.45) is 3.20. The topological polar surface area (TPSA) is 38.5 Å². The smallest absolute Gasteiger partial charge is 0.0719 e. The van der Waals surface area contributed by atoms with Crippen LogP contribution in [0.2, 0.25) is 5.02 Å². The SMILES string of the molecule is CN1CCC(c2ccc(CCON)cc2Cl)CC1. The number of nitrogens with two attached hydrogens (primary N) is 1. The molecule has 1 aliphatic heterocycles. The molecule has 1 aliphatic rings. The first-order valence-electron chi connectivity index (χ1n) is 6.49. The molecule has 1 aromatic rings. The first-order chi connectivity index (χ1) is 8.70. The molecule has 1 fully saturated rings. The van der Waals surface area contributed by atoms with Crippen LogP contribution < -0.4 is 5.90 Å². The molecule has 0 spiro atoms. The molecule has 1 aromatic carbocycles. The minimum absolute atomic E-state index is 0.532. The zero-order valence-electron chi connectivity index (χ0n) is 10.9. The van der Waals surface area contributed by atoms with Crippen LogP contribution in [0.1, 0.15) is 29.9 Å². The molecule has 1 saturated heterocycles. The molecule has 100 valence electrons. The number of nitrogens with zero attached hydrogens (tertiary/aromatic N) is 1. The third kappa shape index (κ3) is 3.45. The number of hydrogen-bond donors (Lipinski definition) is 1. The van der Waals surface area contributed by atoms with Crippen LogP contribution in [0.25, 0.3) is 0 Å². The molecule has 0 unspecified atom stereocenters. The van der Waals surface area contributed by atoms with Gasteiger partial charge in [0.15, 0.2) is 0 Å². The molecule has 0 radical (unpaired) electrons. The molecule has 2 N–H and O–H groups in total. The van der Waals surface area contributed by atoms with Crippen molar-refractivity contribution in [1.29, 1.82) is 0 Å². The van der Waals surface area contributed by atoms with E-state index in [1.165, 1.54) is 24.0 Å². The Morgan fingerprint density at radius 2 is 2.11 bits per heavy atom. The van der Waals surface area contributed by atoms with Gasteiger partial charge in [-0.25, -0.2) is 5.90 Å². The van der Waals surface area contributed by atoms with Crippen LogP contribution in [0.4, 0.5) is 0 Å². The third-order valence-electron chi connectivity index (χ3n) is 3.73. The fourth-order valence-electron chi connectivity index (χ4n) is 2.55. The van der Waals surface area contributed by atoms with Gasteiger partial charge in [0.2, 0.25) is 0 Å². The minimum atomic E-state index is 0.532. The van der Waals surface area contributed by atoms with Crippen LogP contribution in [0.5, 0.6) is 0 Å². The number of rotatable bonds is 4. The lowest BCUT2D eigenvalue weighted by molar-refractivity contribution is 0.141. The Balaban J connectivity index is 2.05. The standard InChI is InChI=1S/C14H21ClN2O/c1-17-7-4-12(5-8-17)13-3-2-11(6-9-18-16)10-14(13)15/h2-3,10,12H,4-9,16H2,1H3. The van der Waals surface area contributed by atoms with E-state index < -0.39 is 0 Å². The zero-order valence-corrected chi connectivity index (χ0v) is 11.6. The Morgan fingerprint density at radius 1 is 1.39 bits per heavy atom. The molecule has 3 nitrogen and oxygen atoms in total. The summed E-state index contributed by atoms with van der Waals surface area (Å²) in [5.74, 6) is 5.64. The van der Waals surface area contributed by atoms with Gasteiger partial charge in [0.25, 0.3) is 0 Å². The first-order valence-corrected chi connectivity index (χ1v) is 6.87. The van der Waals surface area contributed by atoms with E-state index in [-0.39, 0.29) is 0 Å². The fraction of sp³-hybridized carbons (Fsp3) is 0.571. The number of piperidine rings is 1. The van der Waals surface area contributed by atoms with E-state index >= 15 is 0 Å². The van der Waals surface area contributed by atoms with Gasteiger partial charge in [0.05, 0.1) is 6.61 Å². The second-order valence-corrected chi connectivity index (χ2v) is 5.46. The quantitative estimate of drug-likeness (QED) is 0.853. The maximum absolute atomic E-state index is 6.39. The highest BCUT2D eigenvalue weighted by molar-refractivity contribution is 6.31. The van der Waals surface area contributed by atoms with Crippen molar-refractivity contribution >= 4 is 11.6 Å². The molecule has 0 saturated carbocycles. The average Bonchev–Trinajstić information content (AvgIpc) is 2.38. The van der Waals surface area contributed by atoms with Gasteiger partial charge in [0, 0.05) is 5.02 Å². The summed E-state index contributed by atoms with van der Waals surface area (Å²) in [4.78, 5) is 6.97. The summed E-state index contributed by atoms with van der Waals surface area (Å²) < 4.78 is 0. The van der Waals surface area contributed by atoms with Gasteiger partial charge in [-0.05, 0) is 62.5 Å². The summed E-state index contributed by atoms with van der Waals surface area (Å²) in [7, 11) is 2.17. The minimum Gasteiger partial charge on any atom is -0.306 e. The summed E-state index contributed by atoms with van der Waals surface area (Å²) in [6, 6.07) is 6.36. The van der Waals surface area contributed by atoms with Gasteiger partial charge in [-0.1, -0.05) is 23.7 Å². The first kappa shape index (κ1) is 13.8. The molecular weight excluding hydrogens is 248 g/mol. The predicted octanol–water partition coefficient (Wildman–Crippen LogP) is 2.58. The lowest BCUT2D eigenvalue weighted by atomic mass is 9.89. The summed E-state index contributed by atoms with van der Waals surface area (Å²) >= 11 is 6.39. The van der Waals surface area contributed by atoms with Crippen molar-refractivity contribution in [3.8, 4) is 0 Å². The maximum Gasteiger partial charge on any atom is 0.0719 e. The largest absolute Gasteiger partial charge is 0.306 e. The number of halogens is 1. The van der Waals surface area contributed by atoms with E-state index in [4.69, 9.17) is 17.5 Å². The molecule has 0 atom stereocenters. The van der Waals surface area contributed by atoms with Crippen molar-refractivity contribution in [2.75, 3.05) is 26.7 Å². The van der Waals surface area contributed by atoms with Gasteiger partial charge >= 0.3 is 0 Å². The highest BCUT2D eigenvalue weighted by atomic mass is 35.5. The third-order valence-corrected chi connectivity index (χ3v) is 4.06. The van der Waals surface area contributed by atoms with Crippen LogP contribution in [0.3, 0.4) is 0 Å². The summed E-state index contributed by atoms with van der Waals surface area (Å²) in [5, 5.41) is 0.888. The van der Waals surface area contributed by atoms with Crippen LogP contribution in [0, 0.1) is 0 Å². The highest BCUT2D eigenvalue weighted by Crippen LogP contribution is 2.33. The van der Waals surface area contributed by atoms with Crippen molar-refractivity contribution < 1.29 is 4.84 Å². The zero-order chi connectivity index (χ0) is 13.0. The van der Waals surface area contributed by atoms with Gasteiger partial charge in [-0.2, -0.15) is 0 Å². The van der Waals surface area contributed by atoms with Crippen molar-refractivity contribution in [2.45, 2.75) is 25.2 Å². The average molecular weight is 269 g/mol. The molecule has 0 amide bonds. The molecule has 4 heteroatoms. The fourth-order valence-corrected chi connectivity index (χ4v) is 2.91. The molecule has 0 aliphatic carbocycles. The van der Waals surface area contributed by atoms with E-state index in [0.29, 0.717) is 12.5 Å². The number of hydrogen-bond acceptors (Lipinski definition) is 3. The van der Waals surface area contributed by atoms with E-state index in [9.17, 15) is 0 Å². The Morgan fingerprint density at radius 3 is 2.72 bits per heavy atom. The van der Waals surface area contributed by atoms with Gasteiger partial charge < -0.3 is 9.74 Å². The van der Waals surface area contributed by atoms with E-state index in [1.54, 1.807) is 0 Å². The Labute approximate surface area is 114 Å². The van der Waals surface area contributed by atoms with Crippen molar-refractivity contribution in [1.82, 2.24) is 4.90 Å². The van der Waals surface area contributed by atoms with Crippen LogP contribution in [-0.4, -0.2) is 31.6 Å². The molecule has 2 rings (SSSR count). The molecule has 0 bridgehead atoms. The molecule has 1 heterocycles. The second-order valence-electron chi connectivity index (χ2n) is 5.05. The summed E-state index contributed by atoms with van der Waals surface area (Å²) in [6.45, 7) is 2.84. The Bertz CT molecular complexity index is 389. The van der Waals surface area contributed by atoms with Crippen LogP contribution in [-0.2, 0) is 11.3 Å². The van der Waals surface area contributed by atoms with Crippen molar-refractivity contribution in [2.24, 2.45) is 5.90 Å². The molecular formula is C14H21ClN2O. The molecule has 0 aromatic heterocycles. The Kier molecular flexibility index (Phi) is 5.01. The van der Waals surface area contributed by atoms with Crippen molar-refractivity contribution in [3.63, 3.8) is 0 Å². The van der Waals surface area contributed by atoms with E-state index in [0.717, 1.165) is 24.5 Å². The van der Waals surface area contributed by atoms with Gasteiger partial charge in [-0.3, -0.25) is 0 Å². The van der Waals surface area contributed by atoms with Crippen LogP contribution in [0.15, 0.2) is 18.2 Å². The monoisotopic (exact) mass is 268 g/mol. The normalized spacial score (nSPS) is 18.2. The predicted molar refractivity (Wildman–Crippen MR) is 74.8 cm³/mol. The van der Waals surface area contributed by atoms with E-state index in [1.807, 2.05) is 6.07 Å². The number of likely N-dealkylation sites (tertiary alicyclic amines) is 1. The Hall–Kier alpha value is -0.610. The summed E-state index contributed by atoms with van der Waals surface area (Å²) in [5.41, 5.74) is 2.48. The lowest BCUT2D eigenvalue weighted by Crippen LogP contribution is -2.29. The maximum atomic E-state index is 6.39.